The molecule has 1 aliphatic heterocycles. The van der Waals surface area contributed by atoms with Crippen molar-refractivity contribution in [2.45, 2.75) is 19.4 Å². The quantitative estimate of drug-likeness (QED) is 0.784. The summed E-state index contributed by atoms with van der Waals surface area (Å²) in [5.74, 6) is -4.46. The number of hydrogen-bond donors (Lipinski definition) is 2. The molecule has 0 aliphatic carbocycles. The zero-order valence-corrected chi connectivity index (χ0v) is 11.4. The first kappa shape index (κ1) is 15.0. The highest BCUT2D eigenvalue weighted by Crippen LogP contribution is 2.24. The molecule has 1 aromatic heterocycles. The Labute approximate surface area is 121 Å². The summed E-state index contributed by atoms with van der Waals surface area (Å²) >= 11 is 0. The number of aromatic nitrogens is 2. The molecule has 8 heteroatoms. The van der Waals surface area contributed by atoms with Crippen molar-refractivity contribution in [2.75, 3.05) is 13.1 Å². The van der Waals surface area contributed by atoms with E-state index in [1.54, 1.807) is 23.1 Å². The molecule has 1 fully saturated rings. The molecule has 2 N–H and O–H groups in total. The number of piperidine rings is 1. The van der Waals surface area contributed by atoms with E-state index in [1.165, 1.54) is 4.90 Å². The molecule has 0 bridgehead atoms. The lowest BCUT2D eigenvalue weighted by Gasteiger charge is -2.34. The Balaban J connectivity index is 1.93. The largest absolute Gasteiger partial charge is 0.481 e. The third-order valence-electron chi connectivity index (χ3n) is 3.71. The van der Waals surface area contributed by atoms with Crippen LogP contribution in [0.15, 0.2) is 18.5 Å². The summed E-state index contributed by atoms with van der Waals surface area (Å²) in [7, 11) is 0. The highest BCUT2D eigenvalue weighted by molar-refractivity contribution is 5.82. The second kappa shape index (κ2) is 6.38. The van der Waals surface area contributed by atoms with Crippen LogP contribution in [-0.2, 0) is 20.9 Å². The van der Waals surface area contributed by atoms with E-state index in [2.05, 4.69) is 5.10 Å². The SMILES string of the molecule is O=C(O)C1CCN(C(=O)CCn2cccn2)CC1C(=O)O. The Morgan fingerprint density at radius 1 is 1.19 bits per heavy atom. The van der Waals surface area contributed by atoms with Crippen molar-refractivity contribution in [3.63, 3.8) is 0 Å². The highest BCUT2D eigenvalue weighted by atomic mass is 16.4. The number of carbonyl (C=O) groups excluding carboxylic acids is 1. The summed E-state index contributed by atoms with van der Waals surface area (Å²) < 4.78 is 1.62. The molecule has 21 heavy (non-hydrogen) atoms. The number of carboxylic acid groups (broad SMARTS) is 2. The van der Waals surface area contributed by atoms with Gasteiger partial charge in [0.15, 0.2) is 0 Å². The van der Waals surface area contributed by atoms with E-state index in [0.717, 1.165) is 0 Å². The molecule has 2 unspecified atom stereocenters. The van der Waals surface area contributed by atoms with Gasteiger partial charge in [-0.25, -0.2) is 0 Å². The standard InChI is InChI=1S/C13H17N3O5/c17-11(3-7-16-5-1-4-14-16)15-6-2-9(12(18)19)10(8-15)13(20)21/h1,4-5,9-10H,2-3,6-8H2,(H,18,19)(H,20,21). The summed E-state index contributed by atoms with van der Waals surface area (Å²) in [4.78, 5) is 35.7. The van der Waals surface area contributed by atoms with E-state index >= 15 is 0 Å². The van der Waals surface area contributed by atoms with Gasteiger partial charge in [-0.3, -0.25) is 19.1 Å². The minimum Gasteiger partial charge on any atom is -0.481 e. The Hall–Kier alpha value is -2.38. The number of carbonyl (C=O) groups is 3. The van der Waals surface area contributed by atoms with E-state index in [-0.39, 0.29) is 31.8 Å². The molecule has 8 nitrogen and oxygen atoms in total. The fraction of sp³-hybridized carbons (Fsp3) is 0.538. The molecule has 2 atom stereocenters. The fourth-order valence-electron chi connectivity index (χ4n) is 2.53. The van der Waals surface area contributed by atoms with Gasteiger partial charge in [-0.05, 0) is 12.5 Å². The van der Waals surface area contributed by atoms with Crippen LogP contribution >= 0.6 is 0 Å². The van der Waals surface area contributed by atoms with Crippen LogP contribution in [0.4, 0.5) is 0 Å². The number of hydrogen-bond acceptors (Lipinski definition) is 4. The van der Waals surface area contributed by atoms with Gasteiger partial charge in [0.25, 0.3) is 0 Å². The third kappa shape index (κ3) is 3.59. The summed E-state index contributed by atoms with van der Waals surface area (Å²) in [6.07, 6.45) is 3.73. The van der Waals surface area contributed by atoms with Crippen LogP contribution in [0.3, 0.4) is 0 Å². The first-order valence-corrected chi connectivity index (χ1v) is 6.70. The molecule has 0 spiro atoms. The molecule has 0 saturated carbocycles. The van der Waals surface area contributed by atoms with Crippen molar-refractivity contribution in [1.82, 2.24) is 14.7 Å². The van der Waals surface area contributed by atoms with Crippen LogP contribution in [-0.4, -0.2) is 55.8 Å². The minimum atomic E-state index is -1.17. The molecular formula is C13H17N3O5. The van der Waals surface area contributed by atoms with Crippen molar-refractivity contribution in [3.05, 3.63) is 18.5 Å². The Morgan fingerprint density at radius 3 is 2.48 bits per heavy atom. The van der Waals surface area contributed by atoms with Crippen LogP contribution < -0.4 is 0 Å². The average Bonchev–Trinajstić information content (AvgIpc) is 2.97. The molecule has 0 radical (unpaired) electrons. The second-order valence-corrected chi connectivity index (χ2v) is 5.04. The summed E-state index contributed by atoms with van der Waals surface area (Å²) in [5.41, 5.74) is 0. The number of nitrogens with zero attached hydrogens (tertiary/aromatic N) is 3. The van der Waals surface area contributed by atoms with Crippen LogP contribution in [0.1, 0.15) is 12.8 Å². The lowest BCUT2D eigenvalue weighted by atomic mass is 9.85. The van der Waals surface area contributed by atoms with Crippen molar-refractivity contribution in [2.24, 2.45) is 11.8 Å². The Morgan fingerprint density at radius 2 is 1.90 bits per heavy atom. The van der Waals surface area contributed by atoms with Crippen molar-refractivity contribution in [1.29, 1.82) is 0 Å². The maximum Gasteiger partial charge on any atom is 0.309 e. The molecule has 1 aromatic rings. The van der Waals surface area contributed by atoms with E-state index in [9.17, 15) is 14.4 Å². The first-order chi connectivity index (χ1) is 9.99. The third-order valence-corrected chi connectivity index (χ3v) is 3.71. The molecule has 0 aromatic carbocycles. The van der Waals surface area contributed by atoms with Gasteiger partial charge in [0.1, 0.15) is 0 Å². The number of aryl methyl sites for hydroxylation is 1. The van der Waals surface area contributed by atoms with E-state index in [0.29, 0.717) is 6.54 Å². The average molecular weight is 295 g/mol. The highest BCUT2D eigenvalue weighted by Gasteiger charge is 2.39. The van der Waals surface area contributed by atoms with Crippen LogP contribution in [0.2, 0.25) is 0 Å². The monoisotopic (exact) mass is 295 g/mol. The molecule has 1 amide bonds. The summed E-state index contributed by atoms with van der Waals surface area (Å²) in [6, 6.07) is 1.75. The topological polar surface area (TPSA) is 113 Å². The van der Waals surface area contributed by atoms with E-state index < -0.39 is 23.8 Å². The van der Waals surface area contributed by atoms with Gasteiger partial charge < -0.3 is 15.1 Å². The summed E-state index contributed by atoms with van der Waals surface area (Å²) in [5, 5.41) is 22.1. The molecule has 1 aliphatic rings. The smallest absolute Gasteiger partial charge is 0.309 e. The Kier molecular flexibility index (Phi) is 4.56. The normalized spacial score (nSPS) is 22.0. The molecule has 2 rings (SSSR count). The van der Waals surface area contributed by atoms with E-state index in [4.69, 9.17) is 10.2 Å². The molecule has 2 heterocycles. The fourth-order valence-corrected chi connectivity index (χ4v) is 2.53. The van der Waals surface area contributed by atoms with Crippen LogP contribution in [0.25, 0.3) is 0 Å². The number of aliphatic carboxylic acids is 2. The van der Waals surface area contributed by atoms with Gasteiger partial charge in [0.2, 0.25) is 5.91 Å². The lowest BCUT2D eigenvalue weighted by Crippen LogP contribution is -2.48. The van der Waals surface area contributed by atoms with E-state index in [1.807, 2.05) is 0 Å². The number of likely N-dealkylation sites (tertiary alicyclic amines) is 1. The van der Waals surface area contributed by atoms with Gasteiger partial charge in [-0.15, -0.1) is 0 Å². The summed E-state index contributed by atoms with van der Waals surface area (Å²) in [6.45, 7) is 0.644. The predicted molar refractivity (Wildman–Crippen MR) is 70.3 cm³/mol. The predicted octanol–water partition coefficient (Wildman–Crippen LogP) is -0.0929. The molecular weight excluding hydrogens is 278 g/mol. The van der Waals surface area contributed by atoms with Gasteiger partial charge in [-0.2, -0.15) is 5.10 Å². The van der Waals surface area contributed by atoms with Crippen LogP contribution in [0.5, 0.6) is 0 Å². The van der Waals surface area contributed by atoms with Crippen LogP contribution in [0, 0.1) is 11.8 Å². The van der Waals surface area contributed by atoms with Gasteiger partial charge >= 0.3 is 11.9 Å². The minimum absolute atomic E-state index is 0.0513. The van der Waals surface area contributed by atoms with Crippen molar-refractivity contribution < 1.29 is 24.6 Å². The van der Waals surface area contributed by atoms with Gasteiger partial charge in [0.05, 0.1) is 11.8 Å². The second-order valence-electron chi connectivity index (χ2n) is 5.04. The van der Waals surface area contributed by atoms with Gasteiger partial charge in [-0.1, -0.05) is 0 Å². The van der Waals surface area contributed by atoms with Crippen molar-refractivity contribution >= 4 is 17.8 Å². The van der Waals surface area contributed by atoms with Crippen molar-refractivity contribution in [3.8, 4) is 0 Å². The Bertz CT molecular complexity index is 528. The lowest BCUT2D eigenvalue weighted by molar-refractivity contribution is -0.159. The zero-order chi connectivity index (χ0) is 15.4. The number of amides is 1. The molecule has 1 saturated heterocycles. The number of rotatable bonds is 5. The number of carboxylic acids is 2. The van der Waals surface area contributed by atoms with Gasteiger partial charge in [0, 0.05) is 38.4 Å². The maximum atomic E-state index is 12.1. The maximum absolute atomic E-state index is 12.1. The molecule has 114 valence electrons. The zero-order valence-electron chi connectivity index (χ0n) is 11.4. The first-order valence-electron chi connectivity index (χ1n) is 6.70.